The minimum absolute atomic E-state index is 0.102. The Morgan fingerprint density at radius 3 is 1.14 bits per heavy atom. The van der Waals surface area contributed by atoms with E-state index in [-0.39, 0.29) is 5.97 Å². The Hall–Kier alpha value is -0.650. The molecule has 37 heavy (non-hydrogen) atoms. The van der Waals surface area contributed by atoms with Gasteiger partial charge in [-0.15, -0.1) is 0 Å². The van der Waals surface area contributed by atoms with E-state index < -0.39 is 0 Å². The van der Waals surface area contributed by atoms with E-state index in [2.05, 4.69) is 13.8 Å². The Morgan fingerprint density at radius 2 is 0.703 bits per heavy atom. The first kappa shape index (κ1) is 36.4. The van der Waals surface area contributed by atoms with E-state index in [9.17, 15) is 4.79 Å². The zero-order chi connectivity index (χ0) is 26.9. The maximum atomic E-state index is 11.8. The largest absolute Gasteiger partial charge is 0.466 e. The molecular weight excluding hydrogens is 464 g/mol. The van der Waals surface area contributed by atoms with E-state index in [1.54, 1.807) is 0 Å². The van der Waals surface area contributed by atoms with Crippen molar-refractivity contribution in [3.63, 3.8) is 0 Å². The zero-order valence-corrected chi connectivity index (χ0v) is 25.0. The minimum atomic E-state index is -0.102. The van der Waals surface area contributed by atoms with Gasteiger partial charge in [0.1, 0.15) is 0 Å². The van der Waals surface area contributed by atoms with Crippen molar-refractivity contribution in [2.75, 3.05) is 46.2 Å². The molecule has 0 atom stereocenters. The van der Waals surface area contributed by atoms with Gasteiger partial charge >= 0.3 is 5.97 Å². The molecule has 0 aromatic rings. The lowest BCUT2D eigenvalue weighted by Gasteiger charge is -2.07. The van der Waals surface area contributed by atoms with Crippen LogP contribution in [-0.2, 0) is 23.7 Å². The molecule has 0 aliphatic carbocycles. The van der Waals surface area contributed by atoms with E-state index in [0.717, 1.165) is 25.9 Å². The molecule has 222 valence electrons. The topological polar surface area (TPSA) is 54.0 Å². The fourth-order valence-corrected chi connectivity index (χ4v) is 4.40. The lowest BCUT2D eigenvalue weighted by Crippen LogP contribution is -2.11. The Balaban J connectivity index is 3.12. The van der Waals surface area contributed by atoms with Crippen molar-refractivity contribution < 1.29 is 23.7 Å². The maximum absolute atomic E-state index is 11.8. The molecule has 0 fully saturated rings. The van der Waals surface area contributed by atoms with Crippen molar-refractivity contribution in [1.29, 1.82) is 0 Å². The van der Waals surface area contributed by atoms with Gasteiger partial charge in [0.15, 0.2) is 0 Å². The molecule has 0 bridgehead atoms. The lowest BCUT2D eigenvalue weighted by atomic mass is 10.1. The van der Waals surface area contributed by atoms with Crippen LogP contribution in [0.5, 0.6) is 0 Å². The van der Waals surface area contributed by atoms with Crippen LogP contribution in [0.4, 0.5) is 0 Å². The SMILES string of the molecule is CCCCCCCCCCCCOCCOCCOCCCC(=O)OCCCCCCCCCCCC. The van der Waals surface area contributed by atoms with Gasteiger partial charge in [-0.25, -0.2) is 0 Å². The first-order valence-electron chi connectivity index (χ1n) is 16.2. The monoisotopic (exact) mass is 528 g/mol. The summed E-state index contributed by atoms with van der Waals surface area (Å²) in [6, 6.07) is 0. The number of hydrogen-bond donors (Lipinski definition) is 0. The molecule has 0 amide bonds. The summed E-state index contributed by atoms with van der Waals surface area (Å²) < 4.78 is 22.0. The number of esters is 1. The summed E-state index contributed by atoms with van der Waals surface area (Å²) in [5, 5.41) is 0. The smallest absolute Gasteiger partial charge is 0.305 e. The summed E-state index contributed by atoms with van der Waals surface area (Å²) in [6.07, 6.45) is 27.5. The molecule has 0 rings (SSSR count). The fraction of sp³-hybridized carbons (Fsp3) is 0.969. The second-order valence-corrected chi connectivity index (χ2v) is 10.5. The number of carbonyl (C=O) groups is 1. The molecule has 5 nitrogen and oxygen atoms in total. The third-order valence-electron chi connectivity index (χ3n) is 6.82. The summed E-state index contributed by atoms with van der Waals surface area (Å²) in [6.45, 7) is 8.91. The van der Waals surface area contributed by atoms with Crippen molar-refractivity contribution in [1.82, 2.24) is 0 Å². The van der Waals surface area contributed by atoms with Gasteiger partial charge in [-0.3, -0.25) is 4.79 Å². The van der Waals surface area contributed by atoms with Crippen LogP contribution in [0.15, 0.2) is 0 Å². The highest BCUT2D eigenvalue weighted by atomic mass is 16.5. The predicted octanol–water partition coefficient (Wildman–Crippen LogP) is 9.20. The molecule has 0 spiro atoms. The van der Waals surface area contributed by atoms with Crippen molar-refractivity contribution in [2.24, 2.45) is 0 Å². The first-order valence-corrected chi connectivity index (χ1v) is 16.2. The van der Waals surface area contributed by atoms with Crippen LogP contribution in [0.3, 0.4) is 0 Å². The number of rotatable bonds is 32. The molecule has 0 radical (unpaired) electrons. The van der Waals surface area contributed by atoms with Crippen LogP contribution in [-0.4, -0.2) is 52.2 Å². The summed E-state index contributed by atoms with van der Waals surface area (Å²) >= 11 is 0. The summed E-state index contributed by atoms with van der Waals surface area (Å²) in [5.41, 5.74) is 0. The molecule has 0 aromatic heterocycles. The number of carbonyl (C=O) groups excluding carboxylic acids is 1. The van der Waals surface area contributed by atoms with Gasteiger partial charge < -0.3 is 18.9 Å². The van der Waals surface area contributed by atoms with Crippen molar-refractivity contribution in [3.8, 4) is 0 Å². The van der Waals surface area contributed by atoms with Crippen LogP contribution in [0.1, 0.15) is 155 Å². The van der Waals surface area contributed by atoms with Gasteiger partial charge in [0, 0.05) is 19.6 Å². The molecular formula is C32H64O5. The zero-order valence-electron chi connectivity index (χ0n) is 25.0. The second-order valence-electron chi connectivity index (χ2n) is 10.5. The van der Waals surface area contributed by atoms with Gasteiger partial charge in [-0.2, -0.15) is 0 Å². The van der Waals surface area contributed by atoms with Crippen molar-refractivity contribution >= 4 is 5.97 Å². The molecule has 0 N–H and O–H groups in total. The highest BCUT2D eigenvalue weighted by Crippen LogP contribution is 2.11. The standard InChI is InChI=1S/C32H64O5/c1-3-5-7-9-11-13-15-17-19-21-25-34-28-30-36-31-29-35-26-23-24-32(33)37-27-22-20-18-16-14-12-10-8-6-4-2/h3-31H2,1-2H3. The highest BCUT2D eigenvalue weighted by molar-refractivity contribution is 5.69. The Bertz CT molecular complexity index is 429. The van der Waals surface area contributed by atoms with Crippen LogP contribution in [0, 0.1) is 0 Å². The number of ether oxygens (including phenoxy) is 4. The Kier molecular flexibility index (Phi) is 32.8. The van der Waals surface area contributed by atoms with Gasteiger partial charge in [0.05, 0.1) is 33.0 Å². The van der Waals surface area contributed by atoms with Gasteiger partial charge in [0.2, 0.25) is 0 Å². The van der Waals surface area contributed by atoms with E-state index >= 15 is 0 Å². The highest BCUT2D eigenvalue weighted by Gasteiger charge is 2.03. The molecule has 0 unspecified atom stereocenters. The van der Waals surface area contributed by atoms with E-state index in [4.69, 9.17) is 18.9 Å². The number of hydrogen-bond acceptors (Lipinski definition) is 5. The lowest BCUT2D eigenvalue weighted by molar-refractivity contribution is -0.144. The van der Waals surface area contributed by atoms with Crippen LogP contribution in [0.25, 0.3) is 0 Å². The summed E-state index contributed by atoms with van der Waals surface area (Å²) in [5.74, 6) is -0.102. The Labute approximate surface area is 231 Å². The first-order chi connectivity index (χ1) is 18.3. The van der Waals surface area contributed by atoms with Crippen molar-refractivity contribution in [2.45, 2.75) is 155 Å². The molecule has 0 aliphatic rings. The molecule has 0 saturated carbocycles. The van der Waals surface area contributed by atoms with Gasteiger partial charge in [0.25, 0.3) is 0 Å². The maximum Gasteiger partial charge on any atom is 0.305 e. The average Bonchev–Trinajstić information content (AvgIpc) is 2.90. The summed E-state index contributed by atoms with van der Waals surface area (Å²) in [7, 11) is 0. The fourth-order valence-electron chi connectivity index (χ4n) is 4.40. The quantitative estimate of drug-likeness (QED) is 0.0643. The van der Waals surface area contributed by atoms with E-state index in [0.29, 0.717) is 52.5 Å². The van der Waals surface area contributed by atoms with Crippen LogP contribution < -0.4 is 0 Å². The minimum Gasteiger partial charge on any atom is -0.466 e. The van der Waals surface area contributed by atoms with Gasteiger partial charge in [-0.1, -0.05) is 129 Å². The Morgan fingerprint density at radius 1 is 0.378 bits per heavy atom. The molecule has 0 heterocycles. The predicted molar refractivity (Wildman–Crippen MR) is 156 cm³/mol. The van der Waals surface area contributed by atoms with Gasteiger partial charge in [-0.05, 0) is 19.3 Å². The third kappa shape index (κ3) is 33.3. The second kappa shape index (κ2) is 33.4. The summed E-state index contributed by atoms with van der Waals surface area (Å²) in [4.78, 5) is 11.8. The van der Waals surface area contributed by atoms with Crippen LogP contribution >= 0.6 is 0 Å². The van der Waals surface area contributed by atoms with Crippen molar-refractivity contribution in [3.05, 3.63) is 0 Å². The molecule has 0 saturated heterocycles. The number of unbranched alkanes of at least 4 members (excludes halogenated alkanes) is 18. The molecule has 0 aliphatic heterocycles. The van der Waals surface area contributed by atoms with Crippen LogP contribution in [0.2, 0.25) is 0 Å². The van der Waals surface area contributed by atoms with E-state index in [1.807, 2.05) is 0 Å². The molecule has 0 aromatic carbocycles. The normalized spacial score (nSPS) is 11.3. The van der Waals surface area contributed by atoms with E-state index in [1.165, 1.54) is 109 Å². The average molecular weight is 529 g/mol. The molecule has 5 heteroatoms. The third-order valence-corrected chi connectivity index (χ3v) is 6.82.